The lowest BCUT2D eigenvalue weighted by Gasteiger charge is -1.97. The highest BCUT2D eigenvalue weighted by atomic mass is 16.4. The van der Waals surface area contributed by atoms with E-state index in [-0.39, 0.29) is 11.1 Å². The number of hydrogen-bond donors (Lipinski definition) is 2. The third-order valence-electron chi connectivity index (χ3n) is 1.97. The average molecular weight is 191 g/mol. The van der Waals surface area contributed by atoms with Gasteiger partial charge in [0, 0.05) is 0 Å². The summed E-state index contributed by atoms with van der Waals surface area (Å²) in [5, 5.41) is 11.0. The molecule has 0 radical (unpaired) electrons. The van der Waals surface area contributed by atoms with Crippen molar-refractivity contribution < 1.29 is 19.5 Å². The van der Waals surface area contributed by atoms with Crippen molar-refractivity contribution in [1.82, 2.24) is 0 Å². The Kier molecular flexibility index (Phi) is 1.60. The predicted octanol–water partition coefficient (Wildman–Crippen LogP) is 0.520. The van der Waals surface area contributed by atoms with Crippen molar-refractivity contribution in [3.8, 4) is 0 Å². The number of nitrogens with one attached hydrogen (secondary N) is 1. The second-order valence-electron chi connectivity index (χ2n) is 2.85. The second-order valence-corrected chi connectivity index (χ2v) is 2.85. The van der Waals surface area contributed by atoms with Gasteiger partial charge in [-0.1, -0.05) is 0 Å². The van der Waals surface area contributed by atoms with Gasteiger partial charge >= 0.3 is 5.97 Å². The SMILES string of the molecule is O=C1Nc2ccc(C(=O)O)cc2C1=O. The summed E-state index contributed by atoms with van der Waals surface area (Å²) in [6, 6.07) is 3.93. The first-order chi connectivity index (χ1) is 6.59. The average Bonchev–Trinajstić information content (AvgIpc) is 2.43. The van der Waals surface area contributed by atoms with Crippen molar-refractivity contribution in [3.05, 3.63) is 29.3 Å². The number of hydrogen-bond acceptors (Lipinski definition) is 3. The van der Waals surface area contributed by atoms with Crippen LogP contribution in [0.1, 0.15) is 20.7 Å². The number of Topliss-reactive ketones (excluding diaryl/α,β-unsaturated/α-hetero) is 1. The number of benzene rings is 1. The molecule has 1 aromatic rings. The largest absolute Gasteiger partial charge is 0.478 e. The van der Waals surface area contributed by atoms with Gasteiger partial charge in [-0.25, -0.2) is 4.79 Å². The van der Waals surface area contributed by atoms with E-state index in [1.54, 1.807) is 0 Å². The number of carbonyl (C=O) groups excluding carboxylic acids is 2. The molecular weight excluding hydrogens is 186 g/mol. The summed E-state index contributed by atoms with van der Waals surface area (Å²) in [7, 11) is 0. The number of anilines is 1. The van der Waals surface area contributed by atoms with E-state index in [1.807, 2.05) is 0 Å². The minimum atomic E-state index is -1.13. The van der Waals surface area contributed by atoms with Crippen LogP contribution in [-0.2, 0) is 4.79 Å². The van der Waals surface area contributed by atoms with E-state index < -0.39 is 17.7 Å². The highest BCUT2D eigenvalue weighted by Crippen LogP contribution is 2.23. The van der Waals surface area contributed by atoms with Gasteiger partial charge in [0.15, 0.2) is 0 Å². The highest BCUT2D eigenvalue weighted by Gasteiger charge is 2.28. The van der Waals surface area contributed by atoms with E-state index in [1.165, 1.54) is 18.2 Å². The molecule has 14 heavy (non-hydrogen) atoms. The van der Waals surface area contributed by atoms with Gasteiger partial charge in [0.25, 0.3) is 11.7 Å². The van der Waals surface area contributed by atoms with Crippen molar-refractivity contribution in [1.29, 1.82) is 0 Å². The van der Waals surface area contributed by atoms with Crippen LogP contribution in [0.5, 0.6) is 0 Å². The third-order valence-corrected chi connectivity index (χ3v) is 1.97. The smallest absolute Gasteiger partial charge is 0.335 e. The number of amides is 1. The Morgan fingerprint density at radius 1 is 1.29 bits per heavy atom. The van der Waals surface area contributed by atoms with Gasteiger partial charge in [-0.05, 0) is 18.2 Å². The number of aromatic carboxylic acids is 1. The van der Waals surface area contributed by atoms with Gasteiger partial charge < -0.3 is 10.4 Å². The lowest BCUT2D eigenvalue weighted by Crippen LogP contribution is -2.12. The molecule has 0 bridgehead atoms. The van der Waals surface area contributed by atoms with Gasteiger partial charge in [-0.15, -0.1) is 0 Å². The van der Waals surface area contributed by atoms with E-state index in [9.17, 15) is 14.4 Å². The van der Waals surface area contributed by atoms with E-state index in [2.05, 4.69) is 5.32 Å². The van der Waals surface area contributed by atoms with Crippen LogP contribution in [-0.4, -0.2) is 22.8 Å². The molecular formula is C9H5NO4. The Bertz CT molecular complexity index is 464. The minimum absolute atomic E-state index is 0.00593. The summed E-state index contributed by atoms with van der Waals surface area (Å²) < 4.78 is 0. The topological polar surface area (TPSA) is 83.5 Å². The fourth-order valence-electron chi connectivity index (χ4n) is 1.28. The molecule has 0 saturated carbocycles. The van der Waals surface area contributed by atoms with E-state index in [0.717, 1.165) is 0 Å². The standard InChI is InChI=1S/C9H5NO4/c11-7-5-3-4(9(13)14)1-2-6(5)10-8(7)12/h1-3H,(H,13,14)(H,10,11,12). The van der Waals surface area contributed by atoms with Crippen molar-refractivity contribution in [3.63, 3.8) is 0 Å². The first-order valence-electron chi connectivity index (χ1n) is 3.82. The summed E-state index contributed by atoms with van der Waals surface area (Å²) >= 11 is 0. The molecule has 0 unspecified atom stereocenters. The first-order valence-corrected chi connectivity index (χ1v) is 3.82. The molecule has 2 rings (SSSR count). The monoisotopic (exact) mass is 191 g/mol. The number of carboxylic acids is 1. The summed E-state index contributed by atoms with van der Waals surface area (Å²) in [6.07, 6.45) is 0. The zero-order chi connectivity index (χ0) is 10.3. The molecule has 0 atom stereocenters. The van der Waals surface area contributed by atoms with Crippen LogP contribution in [0.3, 0.4) is 0 Å². The lowest BCUT2D eigenvalue weighted by molar-refractivity contribution is -0.112. The Labute approximate surface area is 78.3 Å². The number of ketones is 1. The number of carbonyl (C=O) groups is 3. The molecule has 0 spiro atoms. The molecule has 1 aliphatic rings. The zero-order valence-corrected chi connectivity index (χ0v) is 6.90. The normalized spacial score (nSPS) is 13.7. The van der Waals surface area contributed by atoms with Crippen molar-refractivity contribution >= 4 is 23.3 Å². The molecule has 0 aliphatic carbocycles. The molecule has 0 saturated heterocycles. The Morgan fingerprint density at radius 2 is 2.00 bits per heavy atom. The number of fused-ring (bicyclic) bond motifs is 1. The van der Waals surface area contributed by atoms with Crippen LogP contribution in [0.2, 0.25) is 0 Å². The molecule has 0 aromatic heterocycles. The van der Waals surface area contributed by atoms with E-state index >= 15 is 0 Å². The van der Waals surface area contributed by atoms with Crippen LogP contribution < -0.4 is 5.32 Å². The zero-order valence-electron chi connectivity index (χ0n) is 6.90. The maximum atomic E-state index is 11.2. The van der Waals surface area contributed by atoms with Crippen LogP contribution in [0.25, 0.3) is 0 Å². The highest BCUT2D eigenvalue weighted by molar-refractivity contribution is 6.51. The summed E-state index contributed by atoms with van der Waals surface area (Å²) in [5.41, 5.74) is 0.480. The summed E-state index contributed by atoms with van der Waals surface area (Å²) in [5.74, 6) is -2.54. The maximum Gasteiger partial charge on any atom is 0.335 e. The van der Waals surface area contributed by atoms with Gasteiger partial charge in [-0.3, -0.25) is 9.59 Å². The molecule has 0 fully saturated rings. The molecule has 5 nitrogen and oxygen atoms in total. The van der Waals surface area contributed by atoms with Crippen LogP contribution >= 0.6 is 0 Å². The Hall–Kier alpha value is -2.17. The van der Waals surface area contributed by atoms with Crippen LogP contribution in [0, 0.1) is 0 Å². The van der Waals surface area contributed by atoms with Crippen molar-refractivity contribution in [2.75, 3.05) is 5.32 Å². The van der Waals surface area contributed by atoms with Gasteiger partial charge in [0.2, 0.25) is 0 Å². The molecule has 1 heterocycles. The number of rotatable bonds is 1. The van der Waals surface area contributed by atoms with Gasteiger partial charge in [-0.2, -0.15) is 0 Å². The lowest BCUT2D eigenvalue weighted by atomic mass is 10.1. The fourth-order valence-corrected chi connectivity index (χ4v) is 1.28. The minimum Gasteiger partial charge on any atom is -0.478 e. The molecule has 5 heteroatoms. The first kappa shape index (κ1) is 8.43. The fraction of sp³-hybridized carbons (Fsp3) is 0. The molecule has 1 aromatic carbocycles. The van der Waals surface area contributed by atoms with Gasteiger partial charge in [0.05, 0.1) is 16.8 Å². The van der Waals surface area contributed by atoms with Crippen molar-refractivity contribution in [2.45, 2.75) is 0 Å². The Morgan fingerprint density at radius 3 is 2.64 bits per heavy atom. The number of carboxylic acid groups (broad SMARTS) is 1. The van der Waals surface area contributed by atoms with Gasteiger partial charge in [0.1, 0.15) is 0 Å². The third kappa shape index (κ3) is 1.06. The van der Waals surface area contributed by atoms with Crippen molar-refractivity contribution in [2.24, 2.45) is 0 Å². The Balaban J connectivity index is 2.57. The van der Waals surface area contributed by atoms with Crippen LogP contribution in [0.15, 0.2) is 18.2 Å². The quantitative estimate of drug-likeness (QED) is 0.634. The molecule has 1 aliphatic heterocycles. The predicted molar refractivity (Wildman–Crippen MR) is 46.4 cm³/mol. The second kappa shape index (κ2) is 2.66. The van der Waals surface area contributed by atoms with E-state index in [0.29, 0.717) is 5.69 Å². The van der Waals surface area contributed by atoms with E-state index in [4.69, 9.17) is 5.11 Å². The molecule has 70 valence electrons. The van der Waals surface area contributed by atoms with Crippen LogP contribution in [0.4, 0.5) is 5.69 Å². The maximum absolute atomic E-state index is 11.2. The molecule has 1 amide bonds. The summed E-state index contributed by atoms with van der Waals surface area (Å²) in [6.45, 7) is 0. The molecule has 2 N–H and O–H groups in total. The summed E-state index contributed by atoms with van der Waals surface area (Å²) in [4.78, 5) is 32.6.